The topological polar surface area (TPSA) is 257 Å². The molecule has 0 aromatic heterocycles. The summed E-state index contributed by atoms with van der Waals surface area (Å²) in [5.41, 5.74) is -0.325. The molecular weight excluding hydrogens is 957 g/mol. The molecule has 0 aliphatic carbocycles. The monoisotopic (exact) mass is 1040 g/mol. The predicted octanol–water partition coefficient (Wildman–Crippen LogP) is 4.35. The van der Waals surface area contributed by atoms with Crippen molar-refractivity contribution in [2.24, 2.45) is 29.6 Å². The predicted molar refractivity (Wildman–Crippen MR) is 275 cm³/mol. The van der Waals surface area contributed by atoms with E-state index in [1.54, 1.807) is 72.7 Å². The van der Waals surface area contributed by atoms with Crippen molar-refractivity contribution in [3.05, 3.63) is 29.8 Å². The molecule has 20 nitrogen and oxygen atoms in total. The van der Waals surface area contributed by atoms with Crippen LogP contribution in [0.25, 0.3) is 0 Å². The van der Waals surface area contributed by atoms with Crippen LogP contribution < -0.4 is 20.7 Å². The van der Waals surface area contributed by atoms with Gasteiger partial charge in [0.05, 0.1) is 31.6 Å². The molecular formula is C54H86N6O14. The second-order valence-electron chi connectivity index (χ2n) is 22.2. The Hall–Kier alpha value is -5.79. The van der Waals surface area contributed by atoms with E-state index < -0.39 is 138 Å². The number of fused-ring (bicyclic) bond motifs is 1. The molecule has 2 aliphatic rings. The van der Waals surface area contributed by atoms with Gasteiger partial charge in [0.15, 0.2) is 11.9 Å². The number of likely N-dealkylation sites (N-methyl/N-ethyl adjacent to an activating group) is 2. The van der Waals surface area contributed by atoms with Crippen LogP contribution in [0.15, 0.2) is 24.3 Å². The fourth-order valence-corrected chi connectivity index (χ4v) is 9.06. The molecule has 1 aromatic carbocycles. The number of aliphatic hydroxyl groups excluding tert-OH is 1. The molecule has 74 heavy (non-hydrogen) atoms. The third kappa shape index (κ3) is 17.4. The minimum Gasteiger partial charge on any atom is -0.497 e. The summed E-state index contributed by atoms with van der Waals surface area (Å²) in [7, 11) is 4.30. The van der Waals surface area contributed by atoms with Crippen molar-refractivity contribution in [3.8, 4) is 5.75 Å². The SMILES string of the molecule is CC[C@H](C)[C@H]1NC(=O)[C@@H](NC(=O)[C@@H](CC(C)C)N(C)C(=O)OC(C)(C)C)[C@@H](C)OC(=O)[C@H](Cc2ccc(OC)cc2)N(C)C(=O)[C@@H]2CCCN2C(=O)C(CC(C)C)NC(=O)[C@@H](C)C(=O)[C@H](C(C)C)OC(=O)C[C@@H]1O. The first-order valence-corrected chi connectivity index (χ1v) is 26.1. The number of Topliss-reactive ketones (excluding diaryl/α,β-unsaturated/α-hetero) is 1. The van der Waals surface area contributed by atoms with Crippen molar-refractivity contribution in [2.45, 2.75) is 195 Å². The van der Waals surface area contributed by atoms with Crippen LogP contribution in [0.5, 0.6) is 5.75 Å². The van der Waals surface area contributed by atoms with Gasteiger partial charge in [0.25, 0.3) is 0 Å². The number of ether oxygens (including phenoxy) is 4. The average Bonchev–Trinajstić information content (AvgIpc) is 3.82. The molecule has 0 bridgehead atoms. The van der Waals surface area contributed by atoms with Gasteiger partial charge in [-0.1, -0.05) is 73.9 Å². The van der Waals surface area contributed by atoms with Crippen LogP contribution in [-0.2, 0) is 59.0 Å². The number of esters is 2. The second-order valence-corrected chi connectivity index (χ2v) is 22.2. The van der Waals surface area contributed by atoms with Crippen LogP contribution in [0.3, 0.4) is 0 Å². The number of benzene rings is 1. The third-order valence-electron chi connectivity index (χ3n) is 13.6. The highest BCUT2D eigenvalue weighted by molar-refractivity contribution is 6.05. The van der Waals surface area contributed by atoms with E-state index in [0.29, 0.717) is 24.2 Å². The number of rotatable bonds is 13. The molecule has 2 heterocycles. The van der Waals surface area contributed by atoms with E-state index in [-0.39, 0.29) is 44.1 Å². The van der Waals surface area contributed by atoms with E-state index in [1.165, 1.54) is 44.9 Å². The number of hydrogen-bond donors (Lipinski definition) is 4. The van der Waals surface area contributed by atoms with Gasteiger partial charge >= 0.3 is 18.0 Å². The molecule has 2 aliphatic heterocycles. The highest BCUT2D eigenvalue weighted by Gasteiger charge is 2.45. The molecule has 4 N–H and O–H groups in total. The van der Waals surface area contributed by atoms with E-state index in [2.05, 4.69) is 16.0 Å². The fraction of sp³-hybridized carbons (Fsp3) is 0.722. The Bertz CT molecular complexity index is 2120. The van der Waals surface area contributed by atoms with Gasteiger partial charge in [0.1, 0.15) is 47.7 Å². The van der Waals surface area contributed by atoms with Gasteiger partial charge in [0.2, 0.25) is 29.5 Å². The van der Waals surface area contributed by atoms with Crippen molar-refractivity contribution in [2.75, 3.05) is 27.7 Å². The van der Waals surface area contributed by atoms with E-state index in [9.17, 15) is 48.3 Å². The van der Waals surface area contributed by atoms with Gasteiger partial charge in [0, 0.05) is 27.1 Å². The highest BCUT2D eigenvalue weighted by atomic mass is 16.6. The maximum atomic E-state index is 14.8. The summed E-state index contributed by atoms with van der Waals surface area (Å²) in [4.78, 5) is 132. The number of amides is 6. The molecule has 0 spiro atoms. The molecule has 20 heteroatoms. The minimum atomic E-state index is -1.71. The smallest absolute Gasteiger partial charge is 0.410 e. The molecule has 416 valence electrons. The summed E-state index contributed by atoms with van der Waals surface area (Å²) in [6, 6.07) is -0.924. The lowest BCUT2D eigenvalue weighted by molar-refractivity contribution is -0.163. The number of hydrogen-bond acceptors (Lipinski definition) is 14. The zero-order valence-electron chi connectivity index (χ0n) is 46.6. The summed E-state index contributed by atoms with van der Waals surface area (Å²) in [6.45, 7) is 22.1. The standard InChI is InChI=1S/C54H86N6O14/c1-17-32(8)43-41(61)28-42(62)73-46(31(6)7)45(63)33(9)47(64)55-37(25-29(2)3)50(67)60-24-18-19-38(60)51(68)58(14)40(27-35-20-22-36(71-16)23-21-35)52(69)72-34(10)44(49(66)56-43)57-48(65)39(26-30(4)5)59(15)53(70)74-54(11,12)13/h20-23,29-34,37-41,43-44,46,61H,17-19,24-28H2,1-16H3,(H,55,64)(H,56,66)(H,57,65)/t32-,33-,34+,37?,38-,39+,40-,41-,43+,44-,46-/m0/s1. The van der Waals surface area contributed by atoms with Gasteiger partial charge < -0.3 is 49.8 Å². The number of carbonyl (C=O) groups excluding carboxylic acids is 9. The van der Waals surface area contributed by atoms with Gasteiger partial charge in [-0.3, -0.25) is 38.5 Å². The lowest BCUT2D eigenvalue weighted by atomic mass is 9.91. The van der Waals surface area contributed by atoms with Crippen LogP contribution in [0.2, 0.25) is 0 Å². The Labute approximate surface area is 438 Å². The zero-order chi connectivity index (χ0) is 56.1. The van der Waals surface area contributed by atoms with Crippen LogP contribution in [0, 0.1) is 29.6 Å². The number of carbonyl (C=O) groups is 9. The zero-order valence-corrected chi connectivity index (χ0v) is 46.6. The number of nitrogens with zero attached hydrogens (tertiary/aromatic N) is 3. The molecule has 1 aromatic rings. The number of ketones is 1. The molecule has 0 saturated carbocycles. The van der Waals surface area contributed by atoms with E-state index in [4.69, 9.17) is 18.9 Å². The lowest BCUT2D eigenvalue weighted by Gasteiger charge is -2.36. The third-order valence-corrected chi connectivity index (χ3v) is 13.6. The molecule has 6 amide bonds. The summed E-state index contributed by atoms with van der Waals surface area (Å²) in [5, 5.41) is 20.0. The van der Waals surface area contributed by atoms with Crippen LogP contribution >= 0.6 is 0 Å². The van der Waals surface area contributed by atoms with Crippen molar-refractivity contribution in [1.82, 2.24) is 30.7 Å². The summed E-state index contributed by atoms with van der Waals surface area (Å²) >= 11 is 0. The van der Waals surface area contributed by atoms with Crippen LogP contribution in [0.4, 0.5) is 4.79 Å². The van der Waals surface area contributed by atoms with Crippen LogP contribution in [-0.4, -0.2) is 161 Å². The lowest BCUT2D eigenvalue weighted by Crippen LogP contribution is -2.61. The number of aliphatic hydroxyl groups is 1. The van der Waals surface area contributed by atoms with Crippen LogP contribution in [0.1, 0.15) is 134 Å². The average molecular weight is 1040 g/mol. The number of methoxy groups -OCH3 is 1. The van der Waals surface area contributed by atoms with E-state index >= 15 is 0 Å². The summed E-state index contributed by atoms with van der Waals surface area (Å²) in [5.74, 6) is -8.70. The normalized spacial score (nSPS) is 26.4. The molecule has 2 saturated heterocycles. The summed E-state index contributed by atoms with van der Waals surface area (Å²) < 4.78 is 22.8. The Kier molecular flexibility index (Phi) is 23.4. The maximum absolute atomic E-state index is 14.8. The first-order chi connectivity index (χ1) is 34.4. The Balaban J connectivity index is 2.29. The number of nitrogens with one attached hydrogen (secondary N) is 3. The fourth-order valence-electron chi connectivity index (χ4n) is 9.06. The number of cyclic esters (lactones) is 2. The maximum Gasteiger partial charge on any atom is 0.410 e. The minimum absolute atomic E-state index is 0.105. The van der Waals surface area contributed by atoms with E-state index in [1.807, 2.05) is 27.7 Å². The van der Waals surface area contributed by atoms with Crippen molar-refractivity contribution >= 4 is 53.4 Å². The molecule has 0 radical (unpaired) electrons. The molecule has 3 rings (SSSR count). The van der Waals surface area contributed by atoms with Crippen molar-refractivity contribution in [3.63, 3.8) is 0 Å². The molecule has 2 fully saturated rings. The first kappa shape index (κ1) is 62.5. The largest absolute Gasteiger partial charge is 0.497 e. The quantitative estimate of drug-likeness (QED) is 0.122. The Morgan fingerprint density at radius 1 is 0.905 bits per heavy atom. The summed E-state index contributed by atoms with van der Waals surface area (Å²) in [6.07, 6.45) is -4.89. The Morgan fingerprint density at radius 3 is 2.07 bits per heavy atom. The van der Waals surface area contributed by atoms with Crippen molar-refractivity contribution < 1.29 is 67.2 Å². The molecule has 11 atom stereocenters. The Morgan fingerprint density at radius 2 is 1.53 bits per heavy atom. The van der Waals surface area contributed by atoms with Gasteiger partial charge in [-0.05, 0) is 102 Å². The van der Waals surface area contributed by atoms with Gasteiger partial charge in [-0.2, -0.15) is 0 Å². The molecule has 1 unspecified atom stereocenters. The van der Waals surface area contributed by atoms with Gasteiger partial charge in [-0.15, -0.1) is 0 Å². The van der Waals surface area contributed by atoms with Gasteiger partial charge in [-0.25, -0.2) is 9.59 Å². The second kappa shape index (κ2) is 27.7. The first-order valence-electron chi connectivity index (χ1n) is 26.1. The van der Waals surface area contributed by atoms with Crippen molar-refractivity contribution in [1.29, 1.82) is 0 Å². The highest BCUT2D eigenvalue weighted by Crippen LogP contribution is 2.26. The van der Waals surface area contributed by atoms with E-state index in [0.717, 1.165) is 4.90 Å².